The molecule has 0 aliphatic rings. The molecule has 1 atom stereocenters. The molecule has 0 radical (unpaired) electrons. The number of nitrogens with two attached hydrogens (primary N) is 1. The molecule has 0 spiro atoms. The standard InChI is InChI=1S/C14H20Cl2N2O/c1-14(2,3)8-10(17)7-13(19)18-12-6-9(15)4-5-11(12)16/h4-6,10H,7-8,17H2,1-3H3,(H,18,19). The van der Waals surface area contributed by atoms with Crippen molar-refractivity contribution in [2.24, 2.45) is 11.1 Å². The molecule has 19 heavy (non-hydrogen) atoms. The summed E-state index contributed by atoms with van der Waals surface area (Å²) in [7, 11) is 0. The number of carbonyl (C=O) groups excluding carboxylic acids is 1. The van der Waals surface area contributed by atoms with E-state index < -0.39 is 0 Å². The number of benzene rings is 1. The maximum Gasteiger partial charge on any atom is 0.225 e. The van der Waals surface area contributed by atoms with Crippen LogP contribution in [0.1, 0.15) is 33.6 Å². The highest BCUT2D eigenvalue weighted by molar-refractivity contribution is 6.35. The smallest absolute Gasteiger partial charge is 0.225 e. The molecule has 1 aromatic carbocycles. The van der Waals surface area contributed by atoms with Gasteiger partial charge in [0.2, 0.25) is 5.91 Å². The molecule has 1 unspecified atom stereocenters. The Morgan fingerprint density at radius 3 is 2.58 bits per heavy atom. The summed E-state index contributed by atoms with van der Waals surface area (Å²) in [5, 5.41) is 3.72. The summed E-state index contributed by atoms with van der Waals surface area (Å²) >= 11 is 11.8. The fraction of sp³-hybridized carbons (Fsp3) is 0.500. The lowest BCUT2D eigenvalue weighted by Crippen LogP contribution is -2.31. The summed E-state index contributed by atoms with van der Waals surface area (Å²) in [5.41, 5.74) is 6.58. The minimum absolute atomic E-state index is 0.105. The van der Waals surface area contributed by atoms with Crippen LogP contribution >= 0.6 is 23.2 Å². The minimum Gasteiger partial charge on any atom is -0.327 e. The fourth-order valence-corrected chi connectivity index (χ4v) is 2.23. The molecule has 0 aliphatic carbocycles. The number of anilines is 1. The Morgan fingerprint density at radius 2 is 2.00 bits per heavy atom. The van der Waals surface area contributed by atoms with Crippen LogP contribution in [-0.2, 0) is 4.79 Å². The number of halogens is 2. The molecular weight excluding hydrogens is 283 g/mol. The van der Waals surface area contributed by atoms with Crippen LogP contribution in [-0.4, -0.2) is 11.9 Å². The SMILES string of the molecule is CC(C)(C)CC(N)CC(=O)Nc1cc(Cl)ccc1Cl. The van der Waals surface area contributed by atoms with E-state index in [0.29, 0.717) is 15.7 Å². The van der Waals surface area contributed by atoms with E-state index in [1.54, 1.807) is 18.2 Å². The van der Waals surface area contributed by atoms with Gasteiger partial charge in [0, 0.05) is 17.5 Å². The predicted molar refractivity (Wildman–Crippen MR) is 81.8 cm³/mol. The molecule has 0 heterocycles. The van der Waals surface area contributed by atoms with Crippen molar-refractivity contribution in [1.29, 1.82) is 0 Å². The van der Waals surface area contributed by atoms with E-state index in [1.807, 2.05) is 0 Å². The van der Waals surface area contributed by atoms with Gasteiger partial charge in [0.1, 0.15) is 0 Å². The first-order valence-electron chi connectivity index (χ1n) is 6.18. The number of nitrogens with one attached hydrogen (secondary N) is 1. The van der Waals surface area contributed by atoms with Gasteiger partial charge >= 0.3 is 0 Å². The van der Waals surface area contributed by atoms with Gasteiger partial charge in [0.25, 0.3) is 0 Å². The van der Waals surface area contributed by atoms with Crippen LogP contribution in [0.5, 0.6) is 0 Å². The van der Waals surface area contributed by atoms with Crippen molar-refractivity contribution in [2.75, 3.05) is 5.32 Å². The Balaban J connectivity index is 2.58. The zero-order chi connectivity index (χ0) is 14.6. The van der Waals surface area contributed by atoms with E-state index >= 15 is 0 Å². The number of hydrogen-bond donors (Lipinski definition) is 2. The lowest BCUT2D eigenvalue weighted by atomic mass is 9.87. The molecule has 0 bridgehead atoms. The molecule has 0 aliphatic heterocycles. The van der Waals surface area contributed by atoms with Crippen LogP contribution in [0.15, 0.2) is 18.2 Å². The quantitative estimate of drug-likeness (QED) is 0.880. The molecule has 1 aromatic rings. The molecule has 1 amide bonds. The summed E-state index contributed by atoms with van der Waals surface area (Å²) in [6, 6.07) is 4.77. The van der Waals surface area contributed by atoms with Crippen LogP contribution < -0.4 is 11.1 Å². The number of carbonyl (C=O) groups is 1. The number of rotatable bonds is 4. The van der Waals surface area contributed by atoms with Gasteiger partial charge in [-0.25, -0.2) is 0 Å². The molecule has 5 heteroatoms. The second-order valence-corrected chi connectivity index (χ2v) is 6.74. The van der Waals surface area contributed by atoms with E-state index in [9.17, 15) is 4.79 Å². The van der Waals surface area contributed by atoms with Crippen molar-refractivity contribution in [3.63, 3.8) is 0 Å². The first-order valence-corrected chi connectivity index (χ1v) is 6.93. The van der Waals surface area contributed by atoms with Crippen LogP contribution in [0.2, 0.25) is 10.0 Å². The van der Waals surface area contributed by atoms with Gasteiger partial charge in [-0.05, 0) is 30.0 Å². The van der Waals surface area contributed by atoms with Crippen LogP contribution in [0, 0.1) is 5.41 Å². The first kappa shape index (κ1) is 16.3. The van der Waals surface area contributed by atoms with E-state index in [1.165, 1.54) is 0 Å². The maximum atomic E-state index is 11.9. The van der Waals surface area contributed by atoms with Gasteiger partial charge < -0.3 is 11.1 Å². The average molecular weight is 303 g/mol. The molecule has 0 aromatic heterocycles. The highest BCUT2D eigenvalue weighted by Gasteiger charge is 2.18. The highest BCUT2D eigenvalue weighted by Crippen LogP contribution is 2.26. The van der Waals surface area contributed by atoms with Gasteiger partial charge in [0.15, 0.2) is 0 Å². The molecule has 3 nitrogen and oxygen atoms in total. The van der Waals surface area contributed by atoms with Gasteiger partial charge in [-0.3, -0.25) is 4.79 Å². The fourth-order valence-electron chi connectivity index (χ4n) is 1.89. The second-order valence-electron chi connectivity index (χ2n) is 5.90. The highest BCUT2D eigenvalue weighted by atomic mass is 35.5. The molecule has 0 saturated heterocycles. The van der Waals surface area contributed by atoms with Crippen LogP contribution in [0.3, 0.4) is 0 Å². The molecule has 1 rings (SSSR count). The summed E-state index contributed by atoms with van der Waals surface area (Å²) in [6.07, 6.45) is 1.05. The van der Waals surface area contributed by atoms with Crippen LogP contribution in [0.25, 0.3) is 0 Å². The van der Waals surface area contributed by atoms with Gasteiger partial charge in [0.05, 0.1) is 10.7 Å². The average Bonchev–Trinajstić information content (AvgIpc) is 2.20. The third kappa shape index (κ3) is 6.28. The van der Waals surface area contributed by atoms with Crippen LogP contribution in [0.4, 0.5) is 5.69 Å². The number of amides is 1. The van der Waals surface area contributed by atoms with E-state index in [2.05, 4.69) is 26.1 Å². The Labute approximate surface area is 124 Å². The lowest BCUT2D eigenvalue weighted by Gasteiger charge is -2.22. The van der Waals surface area contributed by atoms with Crippen molar-refractivity contribution in [1.82, 2.24) is 0 Å². The lowest BCUT2D eigenvalue weighted by molar-refractivity contribution is -0.116. The van der Waals surface area contributed by atoms with Crippen molar-refractivity contribution >= 4 is 34.8 Å². The Bertz CT molecular complexity index is 455. The van der Waals surface area contributed by atoms with Gasteiger partial charge in [-0.2, -0.15) is 0 Å². The molecular formula is C14H20Cl2N2O. The monoisotopic (exact) mass is 302 g/mol. The minimum atomic E-state index is -0.169. The van der Waals surface area contributed by atoms with E-state index in [0.717, 1.165) is 6.42 Å². The third-order valence-corrected chi connectivity index (χ3v) is 3.09. The van der Waals surface area contributed by atoms with E-state index in [-0.39, 0.29) is 23.8 Å². The molecule has 0 saturated carbocycles. The second kappa shape index (κ2) is 6.60. The topological polar surface area (TPSA) is 55.1 Å². The van der Waals surface area contributed by atoms with Crippen molar-refractivity contribution < 1.29 is 4.79 Å². The van der Waals surface area contributed by atoms with Crippen molar-refractivity contribution in [3.05, 3.63) is 28.2 Å². The summed E-state index contributed by atoms with van der Waals surface area (Å²) in [4.78, 5) is 11.9. The van der Waals surface area contributed by atoms with Gasteiger partial charge in [-0.1, -0.05) is 44.0 Å². The Hall–Kier alpha value is -0.770. The normalized spacial score (nSPS) is 13.2. The Kier molecular flexibility index (Phi) is 5.65. The largest absolute Gasteiger partial charge is 0.327 e. The zero-order valence-corrected chi connectivity index (χ0v) is 13.0. The third-order valence-electron chi connectivity index (χ3n) is 2.52. The number of hydrogen-bond acceptors (Lipinski definition) is 2. The summed E-state index contributed by atoms with van der Waals surface area (Å²) in [5.74, 6) is -0.152. The van der Waals surface area contributed by atoms with Gasteiger partial charge in [-0.15, -0.1) is 0 Å². The van der Waals surface area contributed by atoms with Crippen molar-refractivity contribution in [2.45, 2.75) is 39.7 Å². The maximum absolute atomic E-state index is 11.9. The van der Waals surface area contributed by atoms with Crippen molar-refractivity contribution in [3.8, 4) is 0 Å². The summed E-state index contributed by atoms with van der Waals surface area (Å²) in [6.45, 7) is 6.29. The first-order chi connectivity index (χ1) is 8.67. The summed E-state index contributed by atoms with van der Waals surface area (Å²) < 4.78 is 0. The molecule has 106 valence electrons. The Morgan fingerprint density at radius 1 is 1.37 bits per heavy atom. The predicted octanol–water partition coefficient (Wildman–Crippen LogP) is 4.09. The van der Waals surface area contributed by atoms with E-state index in [4.69, 9.17) is 28.9 Å². The molecule has 0 fully saturated rings. The zero-order valence-electron chi connectivity index (χ0n) is 11.5. The molecule has 3 N–H and O–H groups in total.